The Hall–Kier alpha value is -1.17. The largest absolute Gasteiger partial charge is 0.394 e. The van der Waals surface area contributed by atoms with Gasteiger partial charge in [-0.05, 0) is 44.9 Å². The van der Waals surface area contributed by atoms with Gasteiger partial charge in [0.05, 0.1) is 18.8 Å². The molecule has 392 valence electrons. The lowest BCUT2D eigenvalue weighted by Gasteiger charge is -2.21. The van der Waals surface area contributed by atoms with Crippen molar-refractivity contribution in [2.45, 2.75) is 353 Å². The molecule has 0 aromatic rings. The third kappa shape index (κ3) is 50.7. The Kier molecular flexibility index (Phi) is 55.4. The first-order chi connectivity index (χ1) is 32.6. The zero-order valence-electron chi connectivity index (χ0n) is 44.9. The molecule has 3 atom stereocenters. The molecular weight excluding hydrogens is 811 g/mol. The van der Waals surface area contributed by atoms with E-state index in [4.69, 9.17) is 0 Å². The first kappa shape index (κ1) is 64.8. The number of hydrogen-bond donors (Lipinski definition) is 4. The standard InChI is InChI=1S/C61H119NO4/c1-3-5-7-9-11-13-15-17-19-21-23-25-27-29-30-31-32-34-36-38-40-42-44-46-48-50-52-54-56-60(65)61(66)62-58(57-63)59(64)55-53-51-49-47-45-43-41-39-37-35-33-28-26-24-22-20-18-16-14-12-10-8-6-4-2/h29-30,53,55,58-60,63-65H,3-28,31-52,54,56-57H2,1-2H3,(H,62,66)/b30-29-,55-53+. The van der Waals surface area contributed by atoms with Crippen molar-refractivity contribution in [1.82, 2.24) is 5.32 Å². The summed E-state index contributed by atoms with van der Waals surface area (Å²) in [4.78, 5) is 12.6. The molecule has 0 spiro atoms. The monoisotopic (exact) mass is 930 g/mol. The Bertz CT molecular complexity index is 982. The molecule has 0 bridgehead atoms. The summed E-state index contributed by atoms with van der Waals surface area (Å²) >= 11 is 0. The summed E-state index contributed by atoms with van der Waals surface area (Å²) in [5.41, 5.74) is 0. The summed E-state index contributed by atoms with van der Waals surface area (Å²) in [6.07, 6.45) is 72.7. The van der Waals surface area contributed by atoms with Crippen molar-refractivity contribution in [2.24, 2.45) is 0 Å². The van der Waals surface area contributed by atoms with E-state index < -0.39 is 24.2 Å². The van der Waals surface area contributed by atoms with Crippen molar-refractivity contribution >= 4 is 5.91 Å². The highest BCUT2D eigenvalue weighted by atomic mass is 16.3. The average Bonchev–Trinajstić information content (AvgIpc) is 3.32. The molecule has 0 saturated carbocycles. The number of amides is 1. The molecule has 0 fully saturated rings. The van der Waals surface area contributed by atoms with Gasteiger partial charge in [-0.1, -0.05) is 314 Å². The number of unbranched alkanes of at least 4 members (excludes halogenated alkanes) is 46. The normalized spacial score (nSPS) is 13.3. The Morgan fingerprint density at radius 1 is 0.364 bits per heavy atom. The zero-order valence-corrected chi connectivity index (χ0v) is 44.9. The van der Waals surface area contributed by atoms with E-state index in [0.29, 0.717) is 6.42 Å². The lowest BCUT2D eigenvalue weighted by Crippen LogP contribution is -2.48. The van der Waals surface area contributed by atoms with Crippen LogP contribution in [0.3, 0.4) is 0 Å². The van der Waals surface area contributed by atoms with Crippen LogP contribution in [-0.4, -0.2) is 46.1 Å². The van der Waals surface area contributed by atoms with E-state index in [9.17, 15) is 20.1 Å². The number of aliphatic hydroxyl groups excluding tert-OH is 3. The molecule has 0 aliphatic heterocycles. The molecule has 1 amide bonds. The SMILES string of the molecule is CCCCCCCCCCCCCC/C=C\CCCCCCCCCCCCCCC(O)C(=O)NC(CO)C(O)/C=C/CCCCCCCCCCCCCCCCCCCCCCCC. The van der Waals surface area contributed by atoms with Crippen molar-refractivity contribution in [2.75, 3.05) is 6.61 Å². The van der Waals surface area contributed by atoms with Gasteiger partial charge in [-0.3, -0.25) is 4.79 Å². The lowest BCUT2D eigenvalue weighted by atomic mass is 10.0. The van der Waals surface area contributed by atoms with Crippen LogP contribution in [0.1, 0.15) is 335 Å². The van der Waals surface area contributed by atoms with E-state index in [1.54, 1.807) is 6.08 Å². The van der Waals surface area contributed by atoms with Gasteiger partial charge in [0.2, 0.25) is 5.91 Å². The van der Waals surface area contributed by atoms with E-state index in [0.717, 1.165) is 32.1 Å². The highest BCUT2D eigenvalue weighted by Gasteiger charge is 2.22. The van der Waals surface area contributed by atoms with Crippen LogP contribution in [0.25, 0.3) is 0 Å². The van der Waals surface area contributed by atoms with Crippen molar-refractivity contribution in [3.8, 4) is 0 Å². The van der Waals surface area contributed by atoms with E-state index in [-0.39, 0.29) is 6.61 Å². The van der Waals surface area contributed by atoms with Crippen LogP contribution in [0.15, 0.2) is 24.3 Å². The van der Waals surface area contributed by atoms with Gasteiger partial charge >= 0.3 is 0 Å². The third-order valence-corrected chi connectivity index (χ3v) is 14.3. The Morgan fingerprint density at radius 2 is 0.606 bits per heavy atom. The predicted octanol–water partition coefficient (Wildman–Crippen LogP) is 18.8. The van der Waals surface area contributed by atoms with Crippen LogP contribution in [-0.2, 0) is 4.79 Å². The first-order valence-electron chi connectivity index (χ1n) is 30.2. The maximum Gasteiger partial charge on any atom is 0.249 e. The second-order valence-electron chi connectivity index (χ2n) is 20.9. The molecule has 0 aliphatic carbocycles. The van der Waals surface area contributed by atoms with Gasteiger partial charge in [-0.2, -0.15) is 0 Å². The molecule has 0 aliphatic rings. The van der Waals surface area contributed by atoms with Gasteiger partial charge in [-0.15, -0.1) is 0 Å². The molecule has 4 N–H and O–H groups in total. The van der Waals surface area contributed by atoms with Crippen LogP contribution in [0.5, 0.6) is 0 Å². The van der Waals surface area contributed by atoms with Gasteiger partial charge < -0.3 is 20.6 Å². The van der Waals surface area contributed by atoms with Crippen LogP contribution in [0.2, 0.25) is 0 Å². The average molecular weight is 931 g/mol. The number of aliphatic hydroxyl groups is 3. The van der Waals surface area contributed by atoms with E-state index in [1.165, 1.54) is 283 Å². The minimum atomic E-state index is -1.10. The fourth-order valence-corrected chi connectivity index (χ4v) is 9.60. The number of allylic oxidation sites excluding steroid dienone is 3. The highest BCUT2D eigenvalue weighted by molar-refractivity contribution is 5.80. The Morgan fingerprint density at radius 3 is 0.879 bits per heavy atom. The number of rotatable bonds is 56. The first-order valence-corrected chi connectivity index (χ1v) is 30.2. The van der Waals surface area contributed by atoms with Crippen molar-refractivity contribution in [1.29, 1.82) is 0 Å². The summed E-state index contributed by atoms with van der Waals surface area (Å²) in [6.45, 7) is 4.23. The van der Waals surface area contributed by atoms with E-state index >= 15 is 0 Å². The van der Waals surface area contributed by atoms with Crippen molar-refractivity contribution < 1.29 is 20.1 Å². The Labute approximate surface area is 413 Å². The third-order valence-electron chi connectivity index (χ3n) is 14.3. The van der Waals surface area contributed by atoms with Gasteiger partial charge in [0.25, 0.3) is 0 Å². The maximum atomic E-state index is 12.6. The van der Waals surface area contributed by atoms with E-state index in [1.807, 2.05) is 6.08 Å². The van der Waals surface area contributed by atoms with Crippen LogP contribution < -0.4 is 5.32 Å². The van der Waals surface area contributed by atoms with Crippen LogP contribution in [0.4, 0.5) is 0 Å². The summed E-state index contributed by atoms with van der Waals surface area (Å²) in [5.74, 6) is -0.498. The smallest absolute Gasteiger partial charge is 0.249 e. The number of carbonyl (C=O) groups excluding carboxylic acids is 1. The second-order valence-corrected chi connectivity index (χ2v) is 20.9. The van der Waals surface area contributed by atoms with Crippen molar-refractivity contribution in [3.63, 3.8) is 0 Å². The summed E-state index contributed by atoms with van der Waals surface area (Å²) in [6, 6.07) is -0.797. The number of carbonyl (C=O) groups is 1. The molecular formula is C61H119NO4. The maximum absolute atomic E-state index is 12.6. The van der Waals surface area contributed by atoms with Crippen LogP contribution >= 0.6 is 0 Å². The Balaban J connectivity index is 3.54. The molecule has 5 heteroatoms. The molecule has 0 radical (unpaired) electrons. The fourth-order valence-electron chi connectivity index (χ4n) is 9.60. The number of nitrogens with one attached hydrogen (secondary N) is 1. The fraction of sp³-hybridized carbons (Fsp3) is 0.918. The summed E-state index contributed by atoms with van der Waals surface area (Å²) < 4.78 is 0. The lowest BCUT2D eigenvalue weighted by molar-refractivity contribution is -0.131. The topological polar surface area (TPSA) is 89.8 Å². The molecule has 66 heavy (non-hydrogen) atoms. The second kappa shape index (κ2) is 56.4. The molecule has 3 unspecified atom stereocenters. The molecule has 5 nitrogen and oxygen atoms in total. The zero-order chi connectivity index (χ0) is 47.9. The van der Waals surface area contributed by atoms with Crippen molar-refractivity contribution in [3.05, 3.63) is 24.3 Å². The van der Waals surface area contributed by atoms with Crippen LogP contribution in [0, 0.1) is 0 Å². The molecule has 0 saturated heterocycles. The van der Waals surface area contributed by atoms with E-state index in [2.05, 4.69) is 31.3 Å². The quantitative estimate of drug-likeness (QED) is 0.0361. The molecule has 0 aromatic heterocycles. The molecule has 0 aromatic carbocycles. The van der Waals surface area contributed by atoms with Gasteiger partial charge in [0.1, 0.15) is 6.10 Å². The predicted molar refractivity (Wildman–Crippen MR) is 292 cm³/mol. The van der Waals surface area contributed by atoms with Gasteiger partial charge in [-0.25, -0.2) is 0 Å². The van der Waals surface area contributed by atoms with Gasteiger partial charge in [0.15, 0.2) is 0 Å². The summed E-state index contributed by atoms with van der Waals surface area (Å²) in [5, 5.41) is 33.4. The minimum Gasteiger partial charge on any atom is -0.394 e. The minimum absolute atomic E-state index is 0.361. The highest BCUT2D eigenvalue weighted by Crippen LogP contribution is 2.18. The molecule has 0 rings (SSSR count). The summed E-state index contributed by atoms with van der Waals surface area (Å²) in [7, 11) is 0. The number of hydrogen-bond acceptors (Lipinski definition) is 4. The van der Waals surface area contributed by atoms with Gasteiger partial charge in [0, 0.05) is 0 Å². The molecule has 0 heterocycles.